The quantitative estimate of drug-likeness (QED) is 0.722. The van der Waals surface area contributed by atoms with Gasteiger partial charge in [-0.2, -0.15) is 11.3 Å². The van der Waals surface area contributed by atoms with E-state index in [0.29, 0.717) is 22.6 Å². The van der Waals surface area contributed by atoms with Gasteiger partial charge in [-0.05, 0) is 41.1 Å². The van der Waals surface area contributed by atoms with E-state index in [2.05, 4.69) is 5.32 Å². The minimum atomic E-state index is -1.43. The first-order valence-corrected chi connectivity index (χ1v) is 8.29. The summed E-state index contributed by atoms with van der Waals surface area (Å²) >= 11 is 1.47. The van der Waals surface area contributed by atoms with E-state index in [1.165, 1.54) is 24.7 Å². The van der Waals surface area contributed by atoms with Crippen molar-refractivity contribution in [2.45, 2.75) is 5.60 Å². The fourth-order valence-electron chi connectivity index (χ4n) is 2.48. The largest absolute Gasteiger partial charge is 0.496 e. The summed E-state index contributed by atoms with van der Waals surface area (Å²) in [6.07, 6.45) is 1.49. The molecule has 3 rings (SSSR count). The zero-order valence-corrected chi connectivity index (χ0v) is 13.9. The second kappa shape index (κ2) is 6.90. The molecule has 2 aromatic heterocycles. The lowest BCUT2D eigenvalue weighted by Crippen LogP contribution is -2.41. The molecule has 3 aromatic rings. The Morgan fingerprint density at radius 3 is 2.79 bits per heavy atom. The number of methoxy groups -OCH3 is 1. The molecule has 6 heteroatoms. The number of hydrogen-bond donors (Lipinski definition) is 2. The predicted molar refractivity (Wildman–Crippen MR) is 91.4 cm³/mol. The molecule has 2 N–H and O–H groups in total. The van der Waals surface area contributed by atoms with Crippen molar-refractivity contribution >= 4 is 17.2 Å². The monoisotopic (exact) mass is 343 g/mol. The van der Waals surface area contributed by atoms with Crippen LogP contribution in [0.5, 0.6) is 5.75 Å². The minimum Gasteiger partial charge on any atom is -0.496 e. The van der Waals surface area contributed by atoms with Crippen LogP contribution in [-0.2, 0) is 5.60 Å². The highest BCUT2D eigenvalue weighted by molar-refractivity contribution is 7.08. The molecule has 2 heterocycles. The van der Waals surface area contributed by atoms with Crippen LogP contribution in [0.2, 0.25) is 0 Å². The van der Waals surface area contributed by atoms with Crippen LogP contribution in [0.15, 0.2) is 63.9 Å². The lowest BCUT2D eigenvalue weighted by Gasteiger charge is -2.26. The number of amides is 1. The number of nitrogens with one attached hydrogen (secondary N) is 1. The highest BCUT2D eigenvalue weighted by atomic mass is 32.1. The van der Waals surface area contributed by atoms with E-state index < -0.39 is 5.60 Å². The van der Waals surface area contributed by atoms with Crippen LogP contribution in [0.1, 0.15) is 21.7 Å². The Bertz CT molecular complexity index is 762. The first-order valence-electron chi connectivity index (χ1n) is 7.35. The van der Waals surface area contributed by atoms with Gasteiger partial charge < -0.3 is 19.6 Å². The third kappa shape index (κ3) is 3.06. The van der Waals surface area contributed by atoms with E-state index in [4.69, 9.17) is 9.15 Å². The molecule has 0 bridgehead atoms. The van der Waals surface area contributed by atoms with Gasteiger partial charge in [-0.3, -0.25) is 4.79 Å². The first-order chi connectivity index (χ1) is 11.6. The maximum atomic E-state index is 12.5. The Labute approximate surface area is 143 Å². The fraction of sp³-hybridized carbons (Fsp3) is 0.167. The smallest absolute Gasteiger partial charge is 0.255 e. The Hall–Kier alpha value is -2.57. The number of aliphatic hydroxyl groups is 1. The number of para-hydroxylation sites is 1. The van der Waals surface area contributed by atoms with Gasteiger partial charge in [-0.1, -0.05) is 12.1 Å². The second-order valence-electron chi connectivity index (χ2n) is 5.23. The zero-order valence-electron chi connectivity index (χ0n) is 13.1. The third-order valence-corrected chi connectivity index (χ3v) is 4.47. The van der Waals surface area contributed by atoms with Crippen molar-refractivity contribution in [3.8, 4) is 5.75 Å². The van der Waals surface area contributed by atoms with Gasteiger partial charge >= 0.3 is 0 Å². The van der Waals surface area contributed by atoms with Gasteiger partial charge in [-0.25, -0.2) is 0 Å². The van der Waals surface area contributed by atoms with E-state index in [-0.39, 0.29) is 12.5 Å². The average Bonchev–Trinajstić information content (AvgIpc) is 3.33. The van der Waals surface area contributed by atoms with Crippen LogP contribution >= 0.6 is 11.3 Å². The minimum absolute atomic E-state index is 0.0197. The summed E-state index contributed by atoms with van der Waals surface area (Å²) in [5.74, 6) is 0.529. The first kappa shape index (κ1) is 16.3. The van der Waals surface area contributed by atoms with Crippen molar-refractivity contribution in [3.05, 3.63) is 76.4 Å². The number of hydrogen-bond acceptors (Lipinski definition) is 5. The van der Waals surface area contributed by atoms with E-state index >= 15 is 0 Å². The highest BCUT2D eigenvalue weighted by Gasteiger charge is 2.35. The van der Waals surface area contributed by atoms with Crippen LogP contribution in [0.4, 0.5) is 0 Å². The molecule has 0 aliphatic rings. The van der Waals surface area contributed by atoms with Crippen LogP contribution in [-0.4, -0.2) is 24.7 Å². The molecule has 0 aliphatic heterocycles. The molecule has 1 amide bonds. The van der Waals surface area contributed by atoms with E-state index in [0.717, 1.165) is 0 Å². The van der Waals surface area contributed by atoms with Gasteiger partial charge in [-0.15, -0.1) is 0 Å². The molecule has 1 aromatic carbocycles. The maximum Gasteiger partial charge on any atom is 0.255 e. The molecule has 0 fully saturated rings. The molecular formula is C18H17NO4S. The number of carbonyl (C=O) groups excluding carboxylic acids is 1. The Kier molecular flexibility index (Phi) is 4.69. The van der Waals surface area contributed by atoms with Gasteiger partial charge in [0.15, 0.2) is 5.60 Å². The number of ether oxygens (including phenoxy) is 1. The summed E-state index contributed by atoms with van der Waals surface area (Å²) in [5, 5.41) is 17.6. The van der Waals surface area contributed by atoms with Crippen LogP contribution in [0.25, 0.3) is 0 Å². The van der Waals surface area contributed by atoms with Gasteiger partial charge in [0, 0.05) is 5.56 Å². The molecule has 1 atom stereocenters. The normalized spacial score (nSPS) is 13.2. The Morgan fingerprint density at radius 1 is 1.29 bits per heavy atom. The third-order valence-electron chi connectivity index (χ3n) is 3.78. The Morgan fingerprint density at radius 2 is 2.12 bits per heavy atom. The molecule has 24 heavy (non-hydrogen) atoms. The summed E-state index contributed by atoms with van der Waals surface area (Å²) in [6, 6.07) is 12.1. The number of thiophene rings is 1. The molecule has 0 unspecified atom stereocenters. The van der Waals surface area contributed by atoms with Crippen LogP contribution in [0.3, 0.4) is 0 Å². The SMILES string of the molecule is COc1ccccc1C(=O)NC[C@@](O)(c1ccsc1)c1ccco1. The Balaban J connectivity index is 1.83. The number of furan rings is 1. The van der Waals surface area contributed by atoms with E-state index in [9.17, 15) is 9.90 Å². The molecule has 0 aliphatic carbocycles. The maximum absolute atomic E-state index is 12.5. The summed E-state index contributed by atoms with van der Waals surface area (Å²) in [5.41, 5.74) is -0.351. The molecule has 0 radical (unpaired) electrons. The van der Waals surface area contributed by atoms with Gasteiger partial charge in [0.1, 0.15) is 11.5 Å². The molecule has 0 spiro atoms. The summed E-state index contributed by atoms with van der Waals surface area (Å²) < 4.78 is 10.6. The van der Waals surface area contributed by atoms with Crippen molar-refractivity contribution < 1.29 is 19.1 Å². The van der Waals surface area contributed by atoms with Crippen molar-refractivity contribution in [2.75, 3.05) is 13.7 Å². The van der Waals surface area contributed by atoms with Gasteiger partial charge in [0.25, 0.3) is 5.91 Å². The average molecular weight is 343 g/mol. The zero-order chi connectivity index (χ0) is 17.0. The molecule has 5 nitrogen and oxygen atoms in total. The lowest BCUT2D eigenvalue weighted by atomic mass is 9.93. The molecule has 0 saturated carbocycles. The summed E-state index contributed by atoms with van der Waals surface area (Å²) in [4.78, 5) is 12.5. The highest BCUT2D eigenvalue weighted by Crippen LogP contribution is 2.31. The molecule has 124 valence electrons. The number of rotatable bonds is 6. The van der Waals surface area contributed by atoms with E-state index in [1.54, 1.807) is 36.4 Å². The lowest BCUT2D eigenvalue weighted by molar-refractivity contribution is 0.0528. The van der Waals surface area contributed by atoms with Crippen LogP contribution in [0, 0.1) is 0 Å². The summed E-state index contributed by atoms with van der Waals surface area (Å²) in [7, 11) is 1.51. The van der Waals surface area contributed by atoms with Crippen molar-refractivity contribution in [1.29, 1.82) is 0 Å². The van der Waals surface area contributed by atoms with Crippen molar-refractivity contribution in [3.63, 3.8) is 0 Å². The van der Waals surface area contributed by atoms with Crippen molar-refractivity contribution in [1.82, 2.24) is 5.32 Å². The standard InChI is InChI=1S/C18H17NO4S/c1-22-15-6-3-2-5-14(15)17(20)19-12-18(21,13-8-10-24-11-13)16-7-4-9-23-16/h2-11,21H,12H2,1H3,(H,19,20)/t18-/m1/s1. The van der Waals surface area contributed by atoms with Gasteiger partial charge in [0.05, 0.1) is 25.5 Å². The topological polar surface area (TPSA) is 71.7 Å². The fourth-order valence-corrected chi connectivity index (χ4v) is 3.20. The van der Waals surface area contributed by atoms with E-state index in [1.807, 2.05) is 16.8 Å². The molecular weight excluding hydrogens is 326 g/mol. The summed E-state index contributed by atoms with van der Waals surface area (Å²) in [6.45, 7) is -0.0197. The number of carbonyl (C=O) groups is 1. The predicted octanol–water partition coefficient (Wildman–Crippen LogP) is 3.02. The molecule has 0 saturated heterocycles. The second-order valence-corrected chi connectivity index (χ2v) is 6.01. The van der Waals surface area contributed by atoms with Gasteiger partial charge in [0.2, 0.25) is 0 Å². The van der Waals surface area contributed by atoms with Crippen LogP contribution < -0.4 is 10.1 Å². The number of benzene rings is 1. The van der Waals surface area contributed by atoms with Crippen molar-refractivity contribution in [2.24, 2.45) is 0 Å².